The average Bonchev–Trinajstić information content (AvgIpc) is 2.45. The van der Waals surface area contributed by atoms with Crippen LogP contribution in [0.5, 0.6) is 0 Å². The van der Waals surface area contributed by atoms with Crippen LogP contribution < -0.4 is 10.2 Å². The van der Waals surface area contributed by atoms with Gasteiger partial charge in [-0.2, -0.15) is 0 Å². The lowest BCUT2D eigenvalue weighted by Gasteiger charge is -2.34. The lowest BCUT2D eigenvalue weighted by atomic mass is 10.1. The van der Waals surface area contributed by atoms with E-state index in [4.69, 9.17) is 4.74 Å². The third-order valence-electron chi connectivity index (χ3n) is 3.21. The predicted octanol–water partition coefficient (Wildman–Crippen LogP) is 0.562. The van der Waals surface area contributed by atoms with Crippen molar-refractivity contribution in [2.75, 3.05) is 31.3 Å². The molecule has 20 heavy (non-hydrogen) atoms. The minimum Gasteiger partial charge on any atom is -0.394 e. The Morgan fingerprint density at radius 3 is 2.70 bits per heavy atom. The van der Waals surface area contributed by atoms with Gasteiger partial charge in [-0.1, -0.05) is 0 Å². The van der Waals surface area contributed by atoms with Crippen LogP contribution in [0.3, 0.4) is 0 Å². The Kier molecular flexibility index (Phi) is 4.91. The molecule has 1 aliphatic rings. The average molecular weight is 280 g/mol. The van der Waals surface area contributed by atoms with Gasteiger partial charge in [0.1, 0.15) is 0 Å². The monoisotopic (exact) mass is 280 g/mol. The topological polar surface area (TPSA) is 70.5 Å². The van der Waals surface area contributed by atoms with Gasteiger partial charge in [-0.3, -0.25) is 0 Å². The fourth-order valence-corrected chi connectivity index (χ4v) is 2.02. The molecular weight excluding hydrogens is 256 g/mol. The van der Waals surface area contributed by atoms with Crippen LogP contribution in [0.1, 0.15) is 26.3 Å². The smallest absolute Gasteiger partial charge is 0.225 e. The van der Waals surface area contributed by atoms with Crippen molar-refractivity contribution in [3.05, 3.63) is 18.0 Å². The molecule has 1 fully saturated rings. The molecule has 1 atom stereocenters. The van der Waals surface area contributed by atoms with E-state index in [1.807, 2.05) is 17.3 Å². The minimum absolute atomic E-state index is 0.0523. The third-order valence-corrected chi connectivity index (χ3v) is 3.21. The summed E-state index contributed by atoms with van der Waals surface area (Å²) in [4.78, 5) is 10.8. The van der Waals surface area contributed by atoms with E-state index in [9.17, 15) is 5.11 Å². The van der Waals surface area contributed by atoms with E-state index < -0.39 is 0 Å². The molecule has 0 aliphatic carbocycles. The summed E-state index contributed by atoms with van der Waals surface area (Å²) in [5.41, 5.74) is 1.13. The zero-order valence-corrected chi connectivity index (χ0v) is 12.5. The number of aliphatic hydroxyl groups is 1. The lowest BCUT2D eigenvalue weighted by Crippen LogP contribution is -2.48. The zero-order valence-electron chi connectivity index (χ0n) is 12.5. The molecule has 1 aromatic rings. The molecule has 0 saturated carbocycles. The molecule has 1 aromatic heterocycles. The first-order valence-electron chi connectivity index (χ1n) is 7.01. The third kappa shape index (κ3) is 4.13. The van der Waals surface area contributed by atoms with E-state index in [-0.39, 0.29) is 18.2 Å². The highest BCUT2D eigenvalue weighted by atomic mass is 16.5. The van der Waals surface area contributed by atoms with E-state index in [1.54, 1.807) is 0 Å². The first-order valence-corrected chi connectivity index (χ1v) is 7.01. The van der Waals surface area contributed by atoms with Crippen molar-refractivity contribution in [1.82, 2.24) is 15.3 Å². The fourth-order valence-electron chi connectivity index (χ4n) is 2.02. The van der Waals surface area contributed by atoms with Gasteiger partial charge in [0.15, 0.2) is 0 Å². The SMILES string of the molecule is CC(C)(C)NCc1cnc(N2CCOCC2CO)nc1. The van der Waals surface area contributed by atoms with Gasteiger partial charge in [0.2, 0.25) is 5.95 Å². The maximum atomic E-state index is 9.36. The molecule has 2 rings (SSSR count). The Hall–Kier alpha value is -1.24. The van der Waals surface area contributed by atoms with E-state index in [0.29, 0.717) is 25.7 Å². The summed E-state index contributed by atoms with van der Waals surface area (Å²) in [6, 6.07) is -0.0534. The Balaban J connectivity index is 2.00. The van der Waals surface area contributed by atoms with E-state index >= 15 is 0 Å². The number of ether oxygens (including phenoxy) is 1. The summed E-state index contributed by atoms with van der Waals surface area (Å²) in [5, 5.41) is 12.8. The Morgan fingerprint density at radius 2 is 2.10 bits per heavy atom. The summed E-state index contributed by atoms with van der Waals surface area (Å²) < 4.78 is 5.36. The zero-order chi connectivity index (χ0) is 14.6. The van der Waals surface area contributed by atoms with Gasteiger partial charge >= 0.3 is 0 Å². The first kappa shape index (κ1) is 15.2. The number of hydrogen-bond donors (Lipinski definition) is 2. The molecule has 6 nitrogen and oxygen atoms in total. The normalized spacial score (nSPS) is 20.2. The fraction of sp³-hybridized carbons (Fsp3) is 0.714. The molecule has 0 aromatic carbocycles. The number of nitrogens with one attached hydrogen (secondary N) is 1. The summed E-state index contributed by atoms with van der Waals surface area (Å²) in [6.07, 6.45) is 3.68. The van der Waals surface area contributed by atoms with Crippen LogP contribution >= 0.6 is 0 Å². The number of morpholine rings is 1. The number of nitrogens with zero attached hydrogens (tertiary/aromatic N) is 3. The van der Waals surface area contributed by atoms with Crippen LogP contribution in [-0.2, 0) is 11.3 Å². The molecule has 0 radical (unpaired) electrons. The summed E-state index contributed by atoms with van der Waals surface area (Å²) >= 11 is 0. The second-order valence-corrected chi connectivity index (χ2v) is 6.10. The second kappa shape index (κ2) is 6.47. The predicted molar refractivity (Wildman–Crippen MR) is 77.7 cm³/mol. The number of anilines is 1. The maximum Gasteiger partial charge on any atom is 0.225 e. The van der Waals surface area contributed by atoms with Gasteiger partial charge in [0.25, 0.3) is 0 Å². The van der Waals surface area contributed by atoms with Crippen LogP contribution in [0.15, 0.2) is 12.4 Å². The maximum absolute atomic E-state index is 9.36. The van der Waals surface area contributed by atoms with E-state index in [0.717, 1.165) is 12.1 Å². The van der Waals surface area contributed by atoms with Crippen LogP contribution in [0, 0.1) is 0 Å². The Labute approximate surface area is 120 Å². The Morgan fingerprint density at radius 1 is 1.40 bits per heavy atom. The number of aromatic nitrogens is 2. The van der Waals surface area contributed by atoms with Gasteiger partial charge in [-0.15, -0.1) is 0 Å². The highest BCUT2D eigenvalue weighted by Gasteiger charge is 2.24. The molecule has 1 unspecified atom stereocenters. The number of hydrogen-bond acceptors (Lipinski definition) is 6. The first-order chi connectivity index (χ1) is 9.49. The molecule has 1 saturated heterocycles. The van der Waals surface area contributed by atoms with E-state index in [1.165, 1.54) is 0 Å². The van der Waals surface area contributed by atoms with Crippen molar-refractivity contribution in [3.63, 3.8) is 0 Å². The summed E-state index contributed by atoms with van der Waals surface area (Å²) in [5.74, 6) is 0.659. The van der Waals surface area contributed by atoms with Crippen molar-refractivity contribution in [3.8, 4) is 0 Å². The molecular formula is C14H24N4O2. The molecule has 1 aliphatic heterocycles. The van der Waals surface area contributed by atoms with Crippen LogP contribution in [0.25, 0.3) is 0 Å². The molecule has 6 heteroatoms. The van der Waals surface area contributed by atoms with Gasteiger partial charge < -0.3 is 20.1 Å². The molecule has 0 spiro atoms. The lowest BCUT2D eigenvalue weighted by molar-refractivity contribution is 0.0718. The van der Waals surface area contributed by atoms with Crippen molar-refractivity contribution in [2.24, 2.45) is 0 Å². The number of aliphatic hydroxyl groups excluding tert-OH is 1. The Bertz CT molecular complexity index is 416. The largest absolute Gasteiger partial charge is 0.394 e. The molecule has 2 heterocycles. The van der Waals surface area contributed by atoms with Crippen molar-refractivity contribution >= 4 is 5.95 Å². The summed E-state index contributed by atoms with van der Waals surface area (Å²) in [7, 11) is 0. The second-order valence-electron chi connectivity index (χ2n) is 6.10. The van der Waals surface area contributed by atoms with Gasteiger partial charge in [-0.05, 0) is 20.8 Å². The van der Waals surface area contributed by atoms with Crippen molar-refractivity contribution in [2.45, 2.75) is 38.9 Å². The molecule has 112 valence electrons. The van der Waals surface area contributed by atoms with Crippen molar-refractivity contribution < 1.29 is 9.84 Å². The van der Waals surface area contributed by atoms with Crippen LogP contribution in [0.2, 0.25) is 0 Å². The van der Waals surface area contributed by atoms with Crippen LogP contribution in [0.4, 0.5) is 5.95 Å². The molecule has 0 bridgehead atoms. The minimum atomic E-state index is -0.0534. The van der Waals surface area contributed by atoms with E-state index in [2.05, 4.69) is 36.1 Å². The quantitative estimate of drug-likeness (QED) is 0.840. The molecule has 2 N–H and O–H groups in total. The van der Waals surface area contributed by atoms with Gasteiger partial charge in [0.05, 0.1) is 25.9 Å². The number of rotatable bonds is 4. The highest BCUT2D eigenvalue weighted by molar-refractivity contribution is 5.32. The molecule has 0 amide bonds. The van der Waals surface area contributed by atoms with Crippen molar-refractivity contribution in [1.29, 1.82) is 0 Å². The standard InChI is InChI=1S/C14H24N4O2/c1-14(2,3)17-8-11-6-15-13(16-7-11)18-4-5-20-10-12(18)9-19/h6-7,12,17,19H,4-5,8-10H2,1-3H3. The van der Waals surface area contributed by atoms with Gasteiger partial charge in [0, 0.05) is 36.6 Å². The van der Waals surface area contributed by atoms with Gasteiger partial charge in [-0.25, -0.2) is 9.97 Å². The highest BCUT2D eigenvalue weighted by Crippen LogP contribution is 2.14. The summed E-state index contributed by atoms with van der Waals surface area (Å²) in [6.45, 7) is 9.06. The van der Waals surface area contributed by atoms with Crippen LogP contribution in [-0.4, -0.2) is 53.0 Å².